The highest BCUT2D eigenvalue weighted by atomic mass is 16.6. The molecule has 0 heterocycles. The molecule has 0 aromatic heterocycles. The van der Waals surface area contributed by atoms with Crippen LogP contribution < -0.4 is 5.73 Å². The van der Waals surface area contributed by atoms with Crippen LogP contribution in [0.25, 0.3) is 0 Å². The quantitative estimate of drug-likeness (QED) is 0.292. The van der Waals surface area contributed by atoms with Crippen molar-refractivity contribution in [1.82, 2.24) is 0 Å². The van der Waals surface area contributed by atoms with Gasteiger partial charge >= 0.3 is 0 Å². The molecule has 3 atom stereocenters. The number of primary amides is 1. The largest absolute Gasteiger partial charge is 0.511 e. The second kappa shape index (κ2) is 8.25. The number of carbonyl (C=O) groups excluding carboxylic acids is 3. The lowest BCUT2D eigenvalue weighted by atomic mass is 9.62. The summed E-state index contributed by atoms with van der Waals surface area (Å²) in [7, 11) is 1.42. The fourth-order valence-corrected chi connectivity index (χ4v) is 5.79. The summed E-state index contributed by atoms with van der Waals surface area (Å²) in [5.74, 6) is -5.47. The molecular formula is C26H30N2O7. The predicted octanol–water partition coefficient (Wildman–Crippen LogP) is 3.13. The van der Waals surface area contributed by atoms with Crippen LogP contribution in [-0.2, 0) is 26.3 Å². The lowest BCUT2D eigenvalue weighted by Gasteiger charge is -2.41. The summed E-state index contributed by atoms with van der Waals surface area (Å²) >= 11 is 0. The van der Waals surface area contributed by atoms with Crippen LogP contribution in [0.2, 0.25) is 0 Å². The number of oxime groups is 1. The summed E-state index contributed by atoms with van der Waals surface area (Å²) in [5.41, 5.74) is 6.71. The van der Waals surface area contributed by atoms with Gasteiger partial charge < -0.3 is 25.9 Å². The molecule has 9 heteroatoms. The third kappa shape index (κ3) is 3.69. The molecule has 4 rings (SSSR count). The molecule has 0 spiro atoms. The number of aromatic hydroxyl groups is 1. The van der Waals surface area contributed by atoms with E-state index in [2.05, 4.69) is 5.16 Å². The van der Waals surface area contributed by atoms with E-state index in [-0.39, 0.29) is 23.3 Å². The van der Waals surface area contributed by atoms with Gasteiger partial charge in [-0.2, -0.15) is 0 Å². The number of ketones is 2. The molecule has 0 fully saturated rings. The van der Waals surface area contributed by atoms with Crippen molar-refractivity contribution in [2.75, 3.05) is 7.11 Å². The molecule has 0 radical (unpaired) electrons. The number of rotatable bonds is 3. The molecule has 1 aromatic carbocycles. The standard InChI is InChI=1S/C26H30N2O7/c1-10(28-35-5)13-9-15(26(2,3)4)21(30)19-14(13)7-11-6-12-8-16(29)20(25(27)34)24(33)18(12)22(31)17(11)23(19)32/h9,11-12,18,29-31H,6-8H2,1-5H3,(H2,27,34)/b28-10-. The van der Waals surface area contributed by atoms with E-state index in [0.29, 0.717) is 35.2 Å². The van der Waals surface area contributed by atoms with Gasteiger partial charge in [-0.25, -0.2) is 0 Å². The Bertz CT molecular complexity index is 1260. The number of amides is 1. The highest BCUT2D eigenvalue weighted by Crippen LogP contribution is 2.51. The summed E-state index contributed by atoms with van der Waals surface area (Å²) in [6, 6.07) is 1.82. The number of nitrogens with two attached hydrogens (primary N) is 1. The third-order valence-corrected chi connectivity index (χ3v) is 7.31. The molecular weight excluding hydrogens is 452 g/mol. The number of phenols is 1. The van der Waals surface area contributed by atoms with E-state index in [9.17, 15) is 29.7 Å². The van der Waals surface area contributed by atoms with Crippen LogP contribution in [0, 0.1) is 17.8 Å². The Kier molecular flexibility index (Phi) is 5.78. The minimum absolute atomic E-state index is 0.00516. The van der Waals surface area contributed by atoms with Crippen LogP contribution in [0.5, 0.6) is 5.75 Å². The van der Waals surface area contributed by atoms with Crippen LogP contribution in [0.1, 0.15) is 67.6 Å². The van der Waals surface area contributed by atoms with Crippen LogP contribution in [0.15, 0.2) is 33.9 Å². The van der Waals surface area contributed by atoms with Gasteiger partial charge in [0, 0.05) is 23.1 Å². The Hall–Kier alpha value is -3.62. The second-order valence-electron chi connectivity index (χ2n) is 10.5. The maximum atomic E-state index is 13.8. The van der Waals surface area contributed by atoms with Crippen molar-refractivity contribution < 1.29 is 34.5 Å². The topological polar surface area (TPSA) is 160 Å². The van der Waals surface area contributed by atoms with Gasteiger partial charge in [0.05, 0.1) is 17.2 Å². The summed E-state index contributed by atoms with van der Waals surface area (Å²) in [5, 5.41) is 36.7. The number of benzene rings is 1. The minimum atomic E-state index is -1.14. The first-order chi connectivity index (χ1) is 16.3. The fraction of sp³-hybridized carbons (Fsp3) is 0.462. The van der Waals surface area contributed by atoms with E-state index in [4.69, 9.17) is 10.6 Å². The minimum Gasteiger partial charge on any atom is -0.511 e. The van der Waals surface area contributed by atoms with Gasteiger partial charge in [-0.3, -0.25) is 14.4 Å². The Morgan fingerprint density at radius 3 is 2.40 bits per heavy atom. The molecule has 1 aromatic rings. The van der Waals surface area contributed by atoms with Gasteiger partial charge in [-0.15, -0.1) is 0 Å². The van der Waals surface area contributed by atoms with Crippen LogP contribution >= 0.6 is 0 Å². The number of phenolic OH excluding ortho intramolecular Hbond substituents is 1. The van der Waals surface area contributed by atoms with Crippen molar-refractivity contribution in [3.8, 4) is 5.75 Å². The van der Waals surface area contributed by atoms with Gasteiger partial charge in [-0.1, -0.05) is 25.9 Å². The van der Waals surface area contributed by atoms with Gasteiger partial charge in [0.25, 0.3) is 5.91 Å². The second-order valence-corrected chi connectivity index (χ2v) is 10.5. The third-order valence-electron chi connectivity index (χ3n) is 7.31. The number of aliphatic hydroxyl groups is 2. The fourth-order valence-electron chi connectivity index (χ4n) is 5.79. The molecule has 0 bridgehead atoms. The summed E-state index contributed by atoms with van der Waals surface area (Å²) in [6.45, 7) is 7.47. The van der Waals surface area contributed by atoms with E-state index in [0.717, 1.165) is 0 Å². The SMILES string of the molecule is CO/N=C(/C)c1cc(C(C)(C)C)c(O)c2c1CC1CC3CC(O)=C(C(N)=O)C(=O)C3C(O)=C1C2=O. The summed E-state index contributed by atoms with van der Waals surface area (Å²) in [4.78, 5) is 43.6. The molecule has 3 aliphatic carbocycles. The van der Waals surface area contributed by atoms with Crippen molar-refractivity contribution in [2.24, 2.45) is 28.6 Å². The number of aliphatic hydroxyl groups excluding tert-OH is 2. The number of nitrogens with zero attached hydrogens (tertiary/aromatic N) is 1. The average molecular weight is 483 g/mol. The van der Waals surface area contributed by atoms with E-state index in [1.807, 2.05) is 26.8 Å². The van der Waals surface area contributed by atoms with E-state index >= 15 is 0 Å². The highest BCUT2D eigenvalue weighted by molar-refractivity contribution is 6.22. The van der Waals surface area contributed by atoms with E-state index in [1.54, 1.807) is 6.92 Å². The first-order valence-corrected chi connectivity index (χ1v) is 11.5. The number of hydrogen-bond donors (Lipinski definition) is 4. The Balaban J connectivity index is 1.94. The monoisotopic (exact) mass is 482 g/mol. The molecule has 0 saturated heterocycles. The van der Waals surface area contributed by atoms with Crippen molar-refractivity contribution in [3.63, 3.8) is 0 Å². The molecule has 1 amide bonds. The number of fused-ring (bicyclic) bond motifs is 3. The van der Waals surface area contributed by atoms with Gasteiger partial charge in [-0.05, 0) is 48.6 Å². The summed E-state index contributed by atoms with van der Waals surface area (Å²) in [6.07, 6.45) is 0.641. The molecule has 5 N–H and O–H groups in total. The number of Topliss-reactive ketones (excluding diaryl/α,β-unsaturated/α-hetero) is 2. The van der Waals surface area contributed by atoms with Crippen molar-refractivity contribution >= 4 is 23.2 Å². The zero-order valence-corrected chi connectivity index (χ0v) is 20.4. The van der Waals surface area contributed by atoms with Crippen molar-refractivity contribution in [2.45, 2.75) is 52.4 Å². The zero-order chi connectivity index (χ0) is 26.0. The summed E-state index contributed by atoms with van der Waals surface area (Å²) < 4.78 is 0. The molecule has 0 saturated carbocycles. The maximum Gasteiger partial charge on any atom is 0.255 e. The van der Waals surface area contributed by atoms with E-state index < -0.39 is 57.7 Å². The Morgan fingerprint density at radius 2 is 1.83 bits per heavy atom. The van der Waals surface area contributed by atoms with Crippen LogP contribution in [0.4, 0.5) is 0 Å². The Labute approximate surface area is 203 Å². The van der Waals surface area contributed by atoms with Gasteiger partial charge in [0.1, 0.15) is 30.0 Å². The first-order valence-electron chi connectivity index (χ1n) is 11.5. The van der Waals surface area contributed by atoms with Crippen LogP contribution in [-0.4, -0.2) is 45.6 Å². The molecule has 186 valence electrons. The number of carbonyl (C=O) groups is 3. The Morgan fingerprint density at radius 1 is 1.17 bits per heavy atom. The smallest absolute Gasteiger partial charge is 0.255 e. The molecule has 35 heavy (non-hydrogen) atoms. The van der Waals surface area contributed by atoms with Gasteiger partial charge in [0.15, 0.2) is 11.6 Å². The normalized spacial score (nSPS) is 24.7. The van der Waals surface area contributed by atoms with Gasteiger partial charge in [0.2, 0.25) is 0 Å². The lowest BCUT2D eigenvalue weighted by Crippen LogP contribution is -2.43. The number of hydrogen-bond acceptors (Lipinski definition) is 8. The zero-order valence-electron chi connectivity index (χ0n) is 20.4. The van der Waals surface area contributed by atoms with Crippen molar-refractivity contribution in [1.29, 1.82) is 0 Å². The molecule has 3 unspecified atom stereocenters. The average Bonchev–Trinajstić information content (AvgIpc) is 2.72. The maximum absolute atomic E-state index is 13.8. The molecule has 9 nitrogen and oxygen atoms in total. The lowest BCUT2D eigenvalue weighted by molar-refractivity contribution is -0.126. The van der Waals surface area contributed by atoms with Crippen molar-refractivity contribution in [3.05, 3.63) is 51.0 Å². The van der Waals surface area contributed by atoms with E-state index in [1.165, 1.54) is 7.11 Å². The molecule has 3 aliphatic rings. The highest BCUT2D eigenvalue weighted by Gasteiger charge is 2.50. The number of allylic oxidation sites excluding steroid dienone is 3. The van der Waals surface area contributed by atoms with Crippen LogP contribution in [0.3, 0.4) is 0 Å². The predicted molar refractivity (Wildman–Crippen MR) is 127 cm³/mol. The first kappa shape index (κ1) is 24.5. The molecule has 0 aliphatic heterocycles.